The number of benzene rings is 3. The molecule has 0 N–H and O–H groups in total. The fourth-order valence-corrected chi connectivity index (χ4v) is 2.85. The van der Waals surface area contributed by atoms with Gasteiger partial charge in [0.2, 0.25) is 0 Å². The lowest BCUT2D eigenvalue weighted by Crippen LogP contribution is -2.30. The molecule has 0 saturated heterocycles. The average Bonchev–Trinajstić information content (AvgIpc) is 2.65. The highest BCUT2D eigenvalue weighted by atomic mass is 35.5. The van der Waals surface area contributed by atoms with Crippen molar-refractivity contribution in [2.45, 2.75) is 6.54 Å². The summed E-state index contributed by atoms with van der Waals surface area (Å²) in [5, 5.41) is 2.79. The second-order valence-electron chi connectivity index (χ2n) is 6.04. The van der Waals surface area contributed by atoms with Crippen molar-refractivity contribution < 1.29 is 14.3 Å². The van der Waals surface area contributed by atoms with Crippen molar-refractivity contribution >= 4 is 28.3 Å². The molecule has 26 heavy (non-hydrogen) atoms. The Morgan fingerprint density at radius 2 is 1.77 bits per heavy atom. The van der Waals surface area contributed by atoms with Crippen LogP contribution in [0.4, 0.5) is 0 Å². The van der Waals surface area contributed by atoms with Crippen LogP contribution >= 0.6 is 11.6 Å². The van der Waals surface area contributed by atoms with Crippen LogP contribution < -0.4 is 9.47 Å². The molecule has 4 nitrogen and oxygen atoms in total. The van der Waals surface area contributed by atoms with Crippen LogP contribution in [0.25, 0.3) is 10.8 Å². The zero-order chi connectivity index (χ0) is 18.5. The van der Waals surface area contributed by atoms with E-state index in [1.54, 1.807) is 43.3 Å². The zero-order valence-electron chi connectivity index (χ0n) is 14.7. The largest absolute Gasteiger partial charge is 0.497 e. The first-order valence-corrected chi connectivity index (χ1v) is 8.62. The first-order chi connectivity index (χ1) is 12.5. The second-order valence-corrected chi connectivity index (χ2v) is 6.48. The van der Waals surface area contributed by atoms with Gasteiger partial charge in [-0.25, -0.2) is 0 Å². The average molecular weight is 370 g/mol. The Morgan fingerprint density at radius 3 is 2.54 bits per heavy atom. The SMILES string of the molecule is COc1ccc2cc(CN(C)C(=O)COc3cccc(Cl)c3)ccc2c1. The molecule has 1 amide bonds. The van der Waals surface area contributed by atoms with E-state index in [9.17, 15) is 4.79 Å². The van der Waals surface area contributed by atoms with E-state index in [0.717, 1.165) is 22.1 Å². The monoisotopic (exact) mass is 369 g/mol. The molecule has 0 fully saturated rings. The summed E-state index contributed by atoms with van der Waals surface area (Å²) < 4.78 is 10.8. The minimum atomic E-state index is -0.0974. The molecule has 0 atom stereocenters. The molecule has 0 aromatic heterocycles. The summed E-state index contributed by atoms with van der Waals surface area (Å²) in [7, 11) is 3.42. The molecule has 0 spiro atoms. The summed E-state index contributed by atoms with van der Waals surface area (Å²) >= 11 is 5.91. The minimum Gasteiger partial charge on any atom is -0.497 e. The van der Waals surface area contributed by atoms with E-state index in [1.165, 1.54) is 0 Å². The molecule has 0 bridgehead atoms. The number of fused-ring (bicyclic) bond motifs is 1. The lowest BCUT2D eigenvalue weighted by Gasteiger charge is -2.18. The normalized spacial score (nSPS) is 10.6. The molecule has 3 aromatic rings. The van der Waals surface area contributed by atoms with Crippen molar-refractivity contribution in [1.82, 2.24) is 4.90 Å². The summed E-state index contributed by atoms with van der Waals surface area (Å²) in [5.74, 6) is 1.31. The van der Waals surface area contributed by atoms with Gasteiger partial charge >= 0.3 is 0 Å². The van der Waals surface area contributed by atoms with Gasteiger partial charge < -0.3 is 14.4 Å². The Labute approximate surface area is 157 Å². The van der Waals surface area contributed by atoms with Gasteiger partial charge in [0.15, 0.2) is 6.61 Å². The van der Waals surface area contributed by atoms with Gasteiger partial charge in [0, 0.05) is 18.6 Å². The van der Waals surface area contributed by atoms with Crippen molar-refractivity contribution in [3.63, 3.8) is 0 Å². The molecule has 5 heteroatoms. The van der Waals surface area contributed by atoms with E-state index in [2.05, 4.69) is 6.07 Å². The Hall–Kier alpha value is -2.72. The maximum Gasteiger partial charge on any atom is 0.260 e. The Balaban J connectivity index is 1.62. The number of amides is 1. The van der Waals surface area contributed by atoms with E-state index in [4.69, 9.17) is 21.1 Å². The fourth-order valence-electron chi connectivity index (χ4n) is 2.67. The number of likely N-dealkylation sites (N-methyl/N-ethyl adjacent to an activating group) is 1. The van der Waals surface area contributed by atoms with Gasteiger partial charge in [-0.2, -0.15) is 0 Å². The Morgan fingerprint density at radius 1 is 1.00 bits per heavy atom. The first kappa shape index (κ1) is 18.1. The zero-order valence-corrected chi connectivity index (χ0v) is 15.5. The minimum absolute atomic E-state index is 0.0262. The van der Waals surface area contributed by atoms with E-state index in [0.29, 0.717) is 17.3 Å². The molecular formula is C21H20ClNO3. The van der Waals surface area contributed by atoms with Crippen LogP contribution in [0.5, 0.6) is 11.5 Å². The number of carbonyl (C=O) groups is 1. The fraction of sp³-hybridized carbons (Fsp3) is 0.190. The van der Waals surface area contributed by atoms with Gasteiger partial charge in [0.05, 0.1) is 7.11 Å². The summed E-state index contributed by atoms with van der Waals surface area (Å²) in [5.41, 5.74) is 1.06. The molecule has 0 saturated carbocycles. The topological polar surface area (TPSA) is 38.8 Å². The summed E-state index contributed by atoms with van der Waals surface area (Å²) in [6, 6.07) is 19.1. The summed E-state index contributed by atoms with van der Waals surface area (Å²) in [6.45, 7) is 0.487. The molecule has 3 aromatic carbocycles. The van der Waals surface area contributed by atoms with Crippen molar-refractivity contribution in [3.05, 3.63) is 71.2 Å². The maximum absolute atomic E-state index is 12.3. The van der Waals surface area contributed by atoms with Crippen molar-refractivity contribution in [2.75, 3.05) is 20.8 Å². The molecule has 0 aliphatic rings. The molecule has 0 unspecified atom stereocenters. The van der Waals surface area contributed by atoms with Crippen LogP contribution in [-0.4, -0.2) is 31.6 Å². The number of ether oxygens (including phenoxy) is 2. The molecule has 0 radical (unpaired) electrons. The number of halogens is 1. The van der Waals surface area contributed by atoms with Crippen LogP contribution in [0.2, 0.25) is 5.02 Å². The first-order valence-electron chi connectivity index (χ1n) is 8.24. The van der Waals surface area contributed by atoms with Crippen LogP contribution in [0, 0.1) is 0 Å². The highest BCUT2D eigenvalue weighted by molar-refractivity contribution is 6.30. The number of hydrogen-bond acceptors (Lipinski definition) is 3. The molecule has 3 rings (SSSR count). The molecule has 134 valence electrons. The highest BCUT2D eigenvalue weighted by Crippen LogP contribution is 2.22. The third-order valence-corrected chi connectivity index (χ3v) is 4.35. The van der Waals surface area contributed by atoms with Crippen LogP contribution in [-0.2, 0) is 11.3 Å². The number of nitrogens with zero attached hydrogens (tertiary/aromatic N) is 1. The number of hydrogen-bond donors (Lipinski definition) is 0. The smallest absolute Gasteiger partial charge is 0.260 e. The van der Waals surface area contributed by atoms with Crippen LogP contribution in [0.15, 0.2) is 60.7 Å². The van der Waals surface area contributed by atoms with Crippen LogP contribution in [0.3, 0.4) is 0 Å². The number of methoxy groups -OCH3 is 1. The standard InChI is InChI=1S/C21H20ClNO3/c1-23(21(24)14-26-20-5-3-4-18(22)12-20)13-15-6-7-17-11-19(25-2)9-8-16(17)10-15/h3-12H,13-14H2,1-2H3. The van der Waals surface area contributed by atoms with Gasteiger partial charge in [0.1, 0.15) is 11.5 Å². The number of rotatable bonds is 6. The van der Waals surface area contributed by atoms with Gasteiger partial charge in [-0.15, -0.1) is 0 Å². The Bertz CT molecular complexity index is 926. The van der Waals surface area contributed by atoms with Gasteiger partial charge in [-0.05, 0) is 52.7 Å². The predicted octanol–water partition coefficient (Wildman–Crippen LogP) is 4.54. The lowest BCUT2D eigenvalue weighted by atomic mass is 10.1. The maximum atomic E-state index is 12.3. The molecule has 0 aliphatic heterocycles. The highest BCUT2D eigenvalue weighted by Gasteiger charge is 2.11. The van der Waals surface area contributed by atoms with E-state index in [-0.39, 0.29) is 12.5 Å². The van der Waals surface area contributed by atoms with Crippen molar-refractivity contribution in [3.8, 4) is 11.5 Å². The van der Waals surface area contributed by atoms with E-state index in [1.807, 2.05) is 30.3 Å². The summed E-state index contributed by atoms with van der Waals surface area (Å²) in [6.07, 6.45) is 0. The van der Waals surface area contributed by atoms with Crippen LogP contribution in [0.1, 0.15) is 5.56 Å². The third kappa shape index (κ3) is 4.46. The number of carbonyl (C=O) groups excluding carboxylic acids is 1. The second kappa shape index (κ2) is 8.11. The Kier molecular flexibility index (Phi) is 5.64. The molecule has 0 heterocycles. The van der Waals surface area contributed by atoms with Crippen molar-refractivity contribution in [2.24, 2.45) is 0 Å². The van der Waals surface area contributed by atoms with Gasteiger partial charge in [-0.3, -0.25) is 4.79 Å². The molecular weight excluding hydrogens is 350 g/mol. The predicted molar refractivity (Wildman–Crippen MR) is 104 cm³/mol. The molecule has 0 aliphatic carbocycles. The quantitative estimate of drug-likeness (QED) is 0.640. The van der Waals surface area contributed by atoms with E-state index < -0.39 is 0 Å². The summed E-state index contributed by atoms with van der Waals surface area (Å²) in [4.78, 5) is 14.0. The van der Waals surface area contributed by atoms with Crippen molar-refractivity contribution in [1.29, 1.82) is 0 Å². The van der Waals surface area contributed by atoms with Gasteiger partial charge in [0.25, 0.3) is 5.91 Å². The van der Waals surface area contributed by atoms with Gasteiger partial charge in [-0.1, -0.05) is 35.9 Å². The lowest BCUT2D eigenvalue weighted by molar-refractivity contribution is -0.132. The third-order valence-electron chi connectivity index (χ3n) is 4.12. The van der Waals surface area contributed by atoms with E-state index >= 15 is 0 Å².